The molecule has 0 aliphatic heterocycles. The van der Waals surface area contributed by atoms with E-state index in [1.165, 1.54) is 0 Å². The summed E-state index contributed by atoms with van der Waals surface area (Å²) in [6.45, 7) is 0.0216. The largest absolute Gasteiger partial charge is 0.392 e. The first kappa shape index (κ1) is 15.1. The molecule has 0 saturated carbocycles. The second-order valence-electron chi connectivity index (χ2n) is 4.86. The molecule has 0 spiro atoms. The van der Waals surface area contributed by atoms with Gasteiger partial charge in [0.25, 0.3) is 0 Å². The summed E-state index contributed by atoms with van der Waals surface area (Å²) < 4.78 is 17.5. The van der Waals surface area contributed by atoms with E-state index in [9.17, 15) is 4.21 Å². The van der Waals surface area contributed by atoms with E-state index >= 15 is 0 Å². The molecule has 2 heterocycles. The highest BCUT2D eigenvalue weighted by Crippen LogP contribution is 2.25. The third-order valence-electron chi connectivity index (χ3n) is 3.17. The van der Waals surface area contributed by atoms with Crippen molar-refractivity contribution in [1.82, 2.24) is 5.16 Å². The summed E-state index contributed by atoms with van der Waals surface area (Å²) >= 11 is 1.58. The maximum atomic E-state index is 12.2. The van der Waals surface area contributed by atoms with Gasteiger partial charge in [-0.2, -0.15) is 0 Å². The molecule has 1 N–H and O–H groups in total. The summed E-state index contributed by atoms with van der Waals surface area (Å²) in [5.74, 6) is 1.55. The maximum Gasteiger partial charge on any atom is 0.177 e. The highest BCUT2D eigenvalue weighted by atomic mass is 32.2. The minimum Gasteiger partial charge on any atom is -0.392 e. The second kappa shape index (κ2) is 7.00. The lowest BCUT2D eigenvalue weighted by atomic mass is 10.2. The van der Waals surface area contributed by atoms with Gasteiger partial charge in [0.15, 0.2) is 5.76 Å². The van der Waals surface area contributed by atoms with Gasteiger partial charge in [-0.15, -0.1) is 11.3 Å². The Bertz CT molecular complexity index is 748. The lowest BCUT2D eigenvalue weighted by Crippen LogP contribution is -2.00. The van der Waals surface area contributed by atoms with E-state index in [2.05, 4.69) is 5.16 Å². The van der Waals surface area contributed by atoms with E-state index < -0.39 is 10.8 Å². The Labute approximate surface area is 134 Å². The number of nitrogens with zero attached hydrogens (tertiary/aromatic N) is 1. The van der Waals surface area contributed by atoms with Gasteiger partial charge in [0.2, 0.25) is 0 Å². The van der Waals surface area contributed by atoms with Crippen LogP contribution in [0.3, 0.4) is 0 Å². The Morgan fingerprint density at radius 2 is 1.91 bits per heavy atom. The highest BCUT2D eigenvalue weighted by Gasteiger charge is 2.11. The fourth-order valence-electron chi connectivity index (χ4n) is 2.06. The van der Waals surface area contributed by atoms with E-state index in [0.717, 1.165) is 16.0 Å². The molecule has 1 aromatic carbocycles. The Morgan fingerprint density at radius 3 is 2.59 bits per heavy atom. The Hall–Kier alpha value is -1.76. The van der Waals surface area contributed by atoms with Gasteiger partial charge in [-0.05, 0) is 22.6 Å². The summed E-state index contributed by atoms with van der Waals surface area (Å²) in [6, 6.07) is 13.2. The summed E-state index contributed by atoms with van der Waals surface area (Å²) in [6.07, 6.45) is 0. The van der Waals surface area contributed by atoms with Crippen LogP contribution in [0.4, 0.5) is 0 Å². The lowest BCUT2D eigenvalue weighted by Gasteiger charge is -2.02. The minimum absolute atomic E-state index is 0.0216. The number of thiophene rings is 1. The smallest absolute Gasteiger partial charge is 0.177 e. The van der Waals surface area contributed by atoms with Crippen molar-refractivity contribution in [2.45, 2.75) is 18.1 Å². The van der Waals surface area contributed by atoms with Crippen molar-refractivity contribution in [2.24, 2.45) is 0 Å². The predicted molar refractivity (Wildman–Crippen MR) is 87.7 cm³/mol. The van der Waals surface area contributed by atoms with Crippen molar-refractivity contribution in [1.29, 1.82) is 0 Å². The van der Waals surface area contributed by atoms with Crippen LogP contribution >= 0.6 is 11.3 Å². The SMILES string of the molecule is O=S(Cc1ccc(CO)cc1)Cc1cc(-c2cccs2)on1. The van der Waals surface area contributed by atoms with Gasteiger partial charge in [-0.1, -0.05) is 35.5 Å². The van der Waals surface area contributed by atoms with Crippen molar-refractivity contribution in [3.8, 4) is 10.6 Å². The van der Waals surface area contributed by atoms with Crippen molar-refractivity contribution < 1.29 is 13.8 Å². The molecule has 0 fully saturated rings. The zero-order chi connectivity index (χ0) is 15.4. The first-order valence-corrected chi connectivity index (χ1v) is 9.14. The number of aliphatic hydroxyl groups excluding tert-OH is 1. The molecule has 1 unspecified atom stereocenters. The number of hydrogen-bond donors (Lipinski definition) is 1. The monoisotopic (exact) mass is 333 g/mol. The van der Waals surface area contributed by atoms with Gasteiger partial charge in [0, 0.05) is 22.6 Å². The van der Waals surface area contributed by atoms with Gasteiger partial charge >= 0.3 is 0 Å². The third kappa shape index (κ3) is 3.71. The van der Waals surface area contributed by atoms with Crippen LogP contribution in [-0.4, -0.2) is 14.5 Å². The van der Waals surface area contributed by atoms with Crippen molar-refractivity contribution in [2.75, 3.05) is 0 Å². The van der Waals surface area contributed by atoms with Crippen LogP contribution in [0.25, 0.3) is 10.6 Å². The average molecular weight is 333 g/mol. The number of aromatic nitrogens is 1. The fourth-order valence-corrected chi connectivity index (χ4v) is 3.86. The molecule has 2 aromatic heterocycles. The normalized spacial score (nSPS) is 12.4. The minimum atomic E-state index is -1.05. The van der Waals surface area contributed by atoms with Gasteiger partial charge in [-0.3, -0.25) is 4.21 Å². The third-order valence-corrected chi connectivity index (χ3v) is 5.32. The molecule has 4 nitrogen and oxygen atoms in total. The zero-order valence-corrected chi connectivity index (χ0v) is 13.4. The number of hydrogen-bond acceptors (Lipinski definition) is 5. The highest BCUT2D eigenvalue weighted by molar-refractivity contribution is 7.83. The van der Waals surface area contributed by atoms with Crippen LogP contribution in [0.5, 0.6) is 0 Å². The van der Waals surface area contributed by atoms with Gasteiger partial charge in [-0.25, -0.2) is 0 Å². The topological polar surface area (TPSA) is 63.3 Å². The Balaban J connectivity index is 1.61. The fraction of sp³-hybridized carbons (Fsp3) is 0.188. The molecule has 0 amide bonds. The molecule has 114 valence electrons. The molecule has 3 aromatic rings. The van der Waals surface area contributed by atoms with Gasteiger partial charge in [0.1, 0.15) is 0 Å². The summed E-state index contributed by atoms with van der Waals surface area (Å²) in [5.41, 5.74) is 2.54. The molecule has 0 aliphatic rings. The molecule has 3 rings (SSSR count). The molecular weight excluding hydrogens is 318 g/mol. The molecular formula is C16H15NO3S2. The molecule has 1 atom stereocenters. The summed E-state index contributed by atoms with van der Waals surface area (Å²) in [7, 11) is -1.05. The van der Waals surface area contributed by atoms with E-state index in [1.807, 2.05) is 47.8 Å². The molecule has 0 bridgehead atoms. The van der Waals surface area contributed by atoms with Crippen molar-refractivity contribution in [3.05, 3.63) is 64.7 Å². The molecule has 22 heavy (non-hydrogen) atoms. The molecule has 0 aliphatic carbocycles. The summed E-state index contributed by atoms with van der Waals surface area (Å²) in [4.78, 5) is 1.02. The van der Waals surface area contributed by atoms with Crippen LogP contribution in [0.2, 0.25) is 0 Å². The molecule has 6 heteroatoms. The zero-order valence-electron chi connectivity index (χ0n) is 11.8. The average Bonchev–Trinajstić information content (AvgIpc) is 3.19. The lowest BCUT2D eigenvalue weighted by molar-refractivity contribution is 0.282. The van der Waals surface area contributed by atoms with E-state index in [-0.39, 0.29) is 6.61 Å². The quantitative estimate of drug-likeness (QED) is 0.751. The van der Waals surface area contributed by atoms with Crippen molar-refractivity contribution in [3.63, 3.8) is 0 Å². The van der Waals surface area contributed by atoms with Gasteiger partial charge in [0.05, 0.1) is 22.9 Å². The van der Waals surface area contributed by atoms with Crippen LogP contribution in [0.15, 0.2) is 52.4 Å². The summed E-state index contributed by atoms with van der Waals surface area (Å²) in [5, 5.41) is 15.0. The predicted octanol–water partition coefficient (Wildman–Crippen LogP) is 3.34. The standard InChI is InChI=1S/C16H15NO3S2/c18-9-12-3-5-13(6-4-12)10-22(19)11-14-8-15(20-17-14)16-2-1-7-21-16/h1-8,18H,9-11H2. The van der Waals surface area contributed by atoms with Crippen molar-refractivity contribution >= 4 is 22.1 Å². The number of aliphatic hydroxyl groups is 1. The number of rotatable bonds is 6. The second-order valence-corrected chi connectivity index (χ2v) is 7.27. The first-order chi connectivity index (χ1) is 10.7. The van der Waals surface area contributed by atoms with Crippen LogP contribution in [-0.2, 0) is 28.9 Å². The molecule has 0 radical (unpaired) electrons. The van der Waals surface area contributed by atoms with Gasteiger partial charge < -0.3 is 9.63 Å². The van der Waals surface area contributed by atoms with E-state index in [4.69, 9.17) is 9.63 Å². The van der Waals surface area contributed by atoms with E-state index in [0.29, 0.717) is 23.0 Å². The Kier molecular flexibility index (Phi) is 4.82. The van der Waals surface area contributed by atoms with Crippen LogP contribution in [0, 0.1) is 0 Å². The Morgan fingerprint density at radius 1 is 1.14 bits per heavy atom. The maximum absolute atomic E-state index is 12.2. The first-order valence-electron chi connectivity index (χ1n) is 6.78. The number of benzene rings is 1. The van der Waals surface area contributed by atoms with E-state index in [1.54, 1.807) is 11.3 Å². The van der Waals surface area contributed by atoms with Crippen LogP contribution < -0.4 is 0 Å². The van der Waals surface area contributed by atoms with Crippen LogP contribution in [0.1, 0.15) is 16.8 Å². The molecule has 0 saturated heterocycles.